The zero-order valence-corrected chi connectivity index (χ0v) is 28.3. The Balaban J connectivity index is 0.987. The van der Waals surface area contributed by atoms with Crippen molar-refractivity contribution in [3.8, 4) is 0 Å². The highest BCUT2D eigenvalue weighted by atomic mass is 16.7. The van der Waals surface area contributed by atoms with E-state index in [-0.39, 0.29) is 41.4 Å². The zero-order chi connectivity index (χ0) is 35.8. The lowest BCUT2D eigenvalue weighted by Crippen LogP contribution is -2.57. The van der Waals surface area contributed by atoms with Gasteiger partial charge >= 0.3 is 11.9 Å². The first kappa shape index (κ1) is 33.7. The summed E-state index contributed by atoms with van der Waals surface area (Å²) < 4.78 is 17.8. The topological polar surface area (TPSA) is 147 Å². The molecule has 0 radical (unpaired) electrons. The van der Waals surface area contributed by atoms with Crippen molar-refractivity contribution < 1.29 is 38.5 Å². The Labute approximate surface area is 300 Å². The number of carbonyl (C=O) groups is 4. The molecule has 0 bridgehead atoms. The fourth-order valence-electron chi connectivity index (χ4n) is 7.65. The number of carbonyl (C=O) groups excluding carboxylic acids is 4. The van der Waals surface area contributed by atoms with Crippen molar-refractivity contribution in [2.75, 3.05) is 36.5 Å². The summed E-state index contributed by atoms with van der Waals surface area (Å²) in [5.41, 5.74) is 3.83. The summed E-state index contributed by atoms with van der Waals surface area (Å²) in [7, 11) is 0. The number of likely N-dealkylation sites (tertiary alicyclic amines) is 1. The van der Waals surface area contributed by atoms with Gasteiger partial charge in [0.25, 0.3) is 5.91 Å². The quantitative estimate of drug-likeness (QED) is 0.174. The monoisotopic (exact) mass is 702 g/mol. The van der Waals surface area contributed by atoms with E-state index in [0.717, 1.165) is 29.9 Å². The third kappa shape index (κ3) is 6.46. The van der Waals surface area contributed by atoms with E-state index in [9.17, 15) is 24.3 Å². The van der Waals surface area contributed by atoms with Gasteiger partial charge in [-0.05, 0) is 66.4 Å². The van der Waals surface area contributed by atoms with Gasteiger partial charge in [0.15, 0.2) is 6.29 Å². The van der Waals surface area contributed by atoms with Gasteiger partial charge in [0.1, 0.15) is 5.54 Å². The lowest BCUT2D eigenvalue weighted by atomic mass is 9.85. The number of hydrogen-bond donors (Lipinski definition) is 3. The summed E-state index contributed by atoms with van der Waals surface area (Å²) >= 11 is 0. The van der Waals surface area contributed by atoms with Crippen LogP contribution >= 0.6 is 0 Å². The molecule has 52 heavy (non-hydrogen) atoms. The number of rotatable bonds is 8. The van der Waals surface area contributed by atoms with Crippen molar-refractivity contribution >= 4 is 35.1 Å². The molecular formula is C40H38N4O8. The summed E-state index contributed by atoms with van der Waals surface area (Å²) in [5.74, 6) is -1.89. The largest absolute Gasteiger partial charge is 0.392 e. The number of piperidine rings is 1. The van der Waals surface area contributed by atoms with Gasteiger partial charge in [-0.15, -0.1) is 0 Å². The van der Waals surface area contributed by atoms with Gasteiger partial charge < -0.3 is 39.8 Å². The maximum atomic E-state index is 13.2. The predicted octanol–water partition coefficient (Wildman–Crippen LogP) is 4.72. The van der Waals surface area contributed by atoms with Crippen molar-refractivity contribution in [3.05, 3.63) is 130 Å². The van der Waals surface area contributed by atoms with Crippen LogP contribution in [0.3, 0.4) is 0 Å². The minimum atomic E-state index is -0.777. The Morgan fingerprint density at radius 3 is 2.38 bits per heavy atom. The molecule has 4 aromatic carbocycles. The highest BCUT2D eigenvalue weighted by Crippen LogP contribution is 2.40. The zero-order valence-electron chi connectivity index (χ0n) is 28.3. The normalized spacial score (nSPS) is 22.6. The van der Waals surface area contributed by atoms with Crippen LogP contribution in [0.25, 0.3) is 0 Å². The molecule has 2 amide bonds. The molecule has 4 aliphatic heterocycles. The second kappa shape index (κ2) is 14.0. The number of esters is 2. The molecule has 0 saturated carbocycles. The van der Waals surface area contributed by atoms with E-state index < -0.39 is 29.7 Å². The van der Waals surface area contributed by atoms with Gasteiger partial charge in [0.05, 0.1) is 36.6 Å². The number of para-hydroxylation sites is 1. The first-order valence-corrected chi connectivity index (χ1v) is 17.5. The first-order valence-electron chi connectivity index (χ1n) is 17.5. The molecule has 1 spiro atoms. The van der Waals surface area contributed by atoms with E-state index in [1.54, 1.807) is 18.2 Å². The number of hydrogen-bond acceptors (Lipinski definition) is 10. The molecule has 3 atom stereocenters. The number of cyclic esters (lactones) is 2. The minimum absolute atomic E-state index is 0.0531. The van der Waals surface area contributed by atoms with E-state index in [4.69, 9.17) is 9.47 Å². The summed E-state index contributed by atoms with van der Waals surface area (Å²) in [6.07, 6.45) is 0.738. The smallest absolute Gasteiger partial charge is 0.346 e. The number of anilines is 2. The molecule has 4 aliphatic rings. The van der Waals surface area contributed by atoms with E-state index in [0.29, 0.717) is 43.7 Å². The molecule has 0 aliphatic carbocycles. The molecule has 0 aromatic heterocycles. The van der Waals surface area contributed by atoms with Gasteiger partial charge in [0.2, 0.25) is 5.91 Å². The van der Waals surface area contributed by atoms with Crippen LogP contribution in [0.4, 0.5) is 11.4 Å². The molecule has 1 unspecified atom stereocenters. The molecule has 12 nitrogen and oxygen atoms in total. The van der Waals surface area contributed by atoms with E-state index in [2.05, 4.69) is 25.2 Å². The van der Waals surface area contributed by atoms with Crippen LogP contribution in [0.1, 0.15) is 79.4 Å². The summed E-state index contributed by atoms with van der Waals surface area (Å²) in [6, 6.07) is 29.2. The third-order valence-electron chi connectivity index (χ3n) is 10.5. The highest BCUT2D eigenvalue weighted by Gasteiger charge is 2.50. The molecule has 266 valence electrons. The Morgan fingerprint density at radius 2 is 1.62 bits per heavy atom. The lowest BCUT2D eigenvalue weighted by molar-refractivity contribution is -0.253. The number of ether oxygens (including phenoxy) is 3. The van der Waals surface area contributed by atoms with E-state index in [1.807, 2.05) is 60.7 Å². The molecule has 4 aromatic rings. The molecular weight excluding hydrogens is 664 g/mol. The second-order valence-corrected chi connectivity index (χ2v) is 13.6. The van der Waals surface area contributed by atoms with Crippen LogP contribution in [-0.4, -0.2) is 71.7 Å². The van der Waals surface area contributed by atoms with Gasteiger partial charge in [-0.1, -0.05) is 54.6 Å². The van der Waals surface area contributed by atoms with Crippen molar-refractivity contribution in [1.82, 2.24) is 10.2 Å². The average molecular weight is 703 g/mol. The van der Waals surface area contributed by atoms with Gasteiger partial charge in [-0.3, -0.25) is 9.59 Å². The maximum Gasteiger partial charge on any atom is 0.346 e. The summed E-state index contributed by atoms with van der Waals surface area (Å²) in [4.78, 5) is 54.9. The van der Waals surface area contributed by atoms with Gasteiger partial charge in [0, 0.05) is 48.6 Å². The summed E-state index contributed by atoms with van der Waals surface area (Å²) in [6.45, 7) is 2.55. The van der Waals surface area contributed by atoms with Crippen LogP contribution < -0.4 is 15.5 Å². The standard InChI is InChI=1S/C40H38N4O8/c45-23-25-9-11-26(12-10-25)34-21-31(22-43-17-15-40(16-18-43)39(49)41-24-44(40)30-7-2-1-3-8-30)50-38(51-34)28-5-4-6-29(19-28)42-35(46)27-13-14-32-33(20-27)37(48)52-36(32)47/h1-14,19-20,31,34,38,45H,15-18,21-24H2,(H,41,49)(H,42,46)/t31-,34+,38?/m0/s1. The van der Waals surface area contributed by atoms with Gasteiger partial charge in [-0.25, -0.2) is 9.59 Å². The number of aliphatic hydroxyl groups excluding tert-OH is 1. The Kier molecular flexibility index (Phi) is 9.06. The predicted molar refractivity (Wildman–Crippen MR) is 189 cm³/mol. The number of amides is 2. The average Bonchev–Trinajstić information content (AvgIpc) is 3.65. The first-order chi connectivity index (χ1) is 25.3. The molecule has 3 N–H and O–H groups in total. The number of aliphatic hydroxyl groups is 1. The van der Waals surface area contributed by atoms with Crippen molar-refractivity contribution in [2.24, 2.45) is 0 Å². The number of fused-ring (bicyclic) bond motifs is 1. The SMILES string of the molecule is O=C(Nc1cccc(C2O[C@H](CN3CCC4(CC3)C(=O)NCN4c3ccccc3)C[C@H](c3ccc(CO)cc3)O2)c1)c1ccc2c(c1)C(=O)OC2=O. The highest BCUT2D eigenvalue weighted by molar-refractivity contribution is 6.16. The molecule has 8 rings (SSSR count). The molecule has 12 heteroatoms. The van der Waals surface area contributed by atoms with Crippen LogP contribution in [0.5, 0.6) is 0 Å². The van der Waals surface area contributed by atoms with Crippen LogP contribution in [-0.2, 0) is 25.6 Å². The lowest BCUT2D eigenvalue weighted by Gasteiger charge is -2.45. The fourth-order valence-corrected chi connectivity index (χ4v) is 7.65. The van der Waals surface area contributed by atoms with Crippen LogP contribution in [0, 0.1) is 0 Å². The van der Waals surface area contributed by atoms with E-state index in [1.165, 1.54) is 18.2 Å². The van der Waals surface area contributed by atoms with Gasteiger partial charge in [-0.2, -0.15) is 0 Å². The van der Waals surface area contributed by atoms with Crippen molar-refractivity contribution in [3.63, 3.8) is 0 Å². The Hall–Kier alpha value is -5.40. The number of benzene rings is 4. The Morgan fingerprint density at radius 1 is 0.846 bits per heavy atom. The molecule has 3 fully saturated rings. The molecule has 3 saturated heterocycles. The van der Waals surface area contributed by atoms with E-state index >= 15 is 0 Å². The summed E-state index contributed by atoms with van der Waals surface area (Å²) in [5, 5.41) is 15.6. The fraction of sp³-hybridized carbons (Fsp3) is 0.300. The van der Waals surface area contributed by atoms with Crippen molar-refractivity contribution in [1.29, 1.82) is 0 Å². The Bertz CT molecular complexity index is 2010. The second-order valence-electron chi connectivity index (χ2n) is 13.6. The third-order valence-corrected chi connectivity index (χ3v) is 10.5. The van der Waals surface area contributed by atoms with Crippen molar-refractivity contribution in [2.45, 2.75) is 49.9 Å². The number of nitrogens with one attached hydrogen (secondary N) is 2. The maximum absolute atomic E-state index is 13.2. The number of nitrogens with zero attached hydrogens (tertiary/aromatic N) is 2. The minimum Gasteiger partial charge on any atom is -0.392 e. The van der Waals surface area contributed by atoms with Crippen LogP contribution in [0.15, 0.2) is 97.1 Å². The molecule has 4 heterocycles. The van der Waals surface area contributed by atoms with Crippen LogP contribution in [0.2, 0.25) is 0 Å².